The van der Waals surface area contributed by atoms with Crippen LogP contribution in [0.5, 0.6) is 0 Å². The van der Waals surface area contributed by atoms with Crippen molar-refractivity contribution in [3.05, 3.63) is 30.3 Å². The van der Waals surface area contributed by atoms with E-state index in [2.05, 4.69) is 52.5 Å². The van der Waals surface area contributed by atoms with Crippen molar-refractivity contribution in [3.8, 4) is 0 Å². The lowest BCUT2D eigenvalue weighted by atomic mass is 9.95. The van der Waals surface area contributed by atoms with Crippen molar-refractivity contribution < 1.29 is 0 Å². The van der Waals surface area contributed by atoms with Crippen LogP contribution in [0.25, 0.3) is 0 Å². The van der Waals surface area contributed by atoms with Crippen LogP contribution in [0.4, 0.5) is 5.69 Å². The van der Waals surface area contributed by atoms with Crippen LogP contribution < -0.4 is 10.2 Å². The molecule has 1 aromatic rings. The second-order valence-electron chi connectivity index (χ2n) is 6.69. The summed E-state index contributed by atoms with van der Waals surface area (Å²) < 4.78 is 0. The normalized spacial score (nSPS) is 20.9. The van der Waals surface area contributed by atoms with Gasteiger partial charge in [0.15, 0.2) is 0 Å². The van der Waals surface area contributed by atoms with Gasteiger partial charge in [0.2, 0.25) is 0 Å². The van der Waals surface area contributed by atoms with Gasteiger partial charge in [-0.15, -0.1) is 12.4 Å². The smallest absolute Gasteiger partial charge is 0.0366 e. The quantitative estimate of drug-likeness (QED) is 0.919. The molecule has 0 spiro atoms. The number of nitrogens with zero attached hydrogens (tertiary/aromatic N) is 2. The molecule has 124 valence electrons. The van der Waals surface area contributed by atoms with Crippen molar-refractivity contribution in [3.63, 3.8) is 0 Å². The van der Waals surface area contributed by atoms with Gasteiger partial charge in [0.05, 0.1) is 0 Å². The molecule has 1 N–H and O–H groups in total. The number of anilines is 1. The topological polar surface area (TPSA) is 18.5 Å². The number of hydrogen-bond acceptors (Lipinski definition) is 3. The molecule has 2 heterocycles. The second-order valence-corrected chi connectivity index (χ2v) is 6.69. The molecule has 0 unspecified atom stereocenters. The molecule has 0 saturated carbocycles. The average molecular weight is 324 g/mol. The Morgan fingerprint density at radius 3 is 2.32 bits per heavy atom. The molecule has 0 radical (unpaired) electrons. The third-order valence-corrected chi connectivity index (χ3v) is 5.21. The molecule has 1 aromatic carbocycles. The summed E-state index contributed by atoms with van der Waals surface area (Å²) in [6.45, 7) is 6.12. The monoisotopic (exact) mass is 323 g/mol. The molecule has 3 rings (SSSR count). The molecular formula is C18H30ClN3. The zero-order valence-electron chi connectivity index (χ0n) is 13.7. The van der Waals surface area contributed by atoms with Crippen LogP contribution >= 0.6 is 12.4 Å². The first kappa shape index (κ1) is 17.6. The van der Waals surface area contributed by atoms with Crippen LogP contribution in [-0.4, -0.2) is 50.7 Å². The molecule has 3 nitrogen and oxygen atoms in total. The van der Waals surface area contributed by atoms with Crippen molar-refractivity contribution in [2.24, 2.45) is 5.92 Å². The Bertz CT molecular complexity index is 412. The average Bonchev–Trinajstić information content (AvgIpc) is 2.57. The van der Waals surface area contributed by atoms with Gasteiger partial charge in [-0.25, -0.2) is 0 Å². The fourth-order valence-corrected chi connectivity index (χ4v) is 3.82. The summed E-state index contributed by atoms with van der Waals surface area (Å²) in [6.07, 6.45) is 5.31. The first-order valence-corrected chi connectivity index (χ1v) is 8.54. The molecule has 0 bridgehead atoms. The van der Waals surface area contributed by atoms with Gasteiger partial charge in [0.1, 0.15) is 0 Å². The summed E-state index contributed by atoms with van der Waals surface area (Å²) in [5, 5.41) is 3.47. The summed E-state index contributed by atoms with van der Waals surface area (Å²) in [5.74, 6) is 0.906. The number of hydrogen-bond donors (Lipinski definition) is 1. The van der Waals surface area contributed by atoms with Gasteiger partial charge in [0, 0.05) is 31.4 Å². The van der Waals surface area contributed by atoms with Crippen LogP contribution in [0.1, 0.15) is 25.7 Å². The van der Waals surface area contributed by atoms with Crippen molar-refractivity contribution in [2.75, 3.05) is 44.7 Å². The van der Waals surface area contributed by atoms with E-state index >= 15 is 0 Å². The van der Waals surface area contributed by atoms with Crippen molar-refractivity contribution >= 4 is 18.1 Å². The first-order chi connectivity index (χ1) is 10.3. The Morgan fingerprint density at radius 1 is 1.05 bits per heavy atom. The SMILES string of the molecule is CN(CC1CCNCC1)C1CCN(c2ccccc2)CC1.Cl. The van der Waals surface area contributed by atoms with Crippen LogP contribution in [0.2, 0.25) is 0 Å². The van der Waals surface area contributed by atoms with Gasteiger partial charge in [0.25, 0.3) is 0 Å². The summed E-state index contributed by atoms with van der Waals surface area (Å²) in [4.78, 5) is 5.17. The summed E-state index contributed by atoms with van der Waals surface area (Å²) >= 11 is 0. The number of nitrogens with one attached hydrogen (secondary N) is 1. The van der Waals surface area contributed by atoms with Gasteiger partial charge in [-0.3, -0.25) is 0 Å². The van der Waals surface area contributed by atoms with Crippen molar-refractivity contribution in [1.82, 2.24) is 10.2 Å². The zero-order chi connectivity index (χ0) is 14.5. The molecule has 2 aliphatic rings. The zero-order valence-corrected chi connectivity index (χ0v) is 14.5. The van der Waals surface area contributed by atoms with Gasteiger partial charge in [-0.1, -0.05) is 18.2 Å². The summed E-state index contributed by atoms with van der Waals surface area (Å²) in [7, 11) is 2.34. The highest BCUT2D eigenvalue weighted by molar-refractivity contribution is 5.85. The van der Waals surface area contributed by atoms with Gasteiger partial charge >= 0.3 is 0 Å². The van der Waals surface area contributed by atoms with Gasteiger partial charge in [-0.05, 0) is 63.9 Å². The van der Waals surface area contributed by atoms with Crippen molar-refractivity contribution in [2.45, 2.75) is 31.7 Å². The number of para-hydroxylation sites is 1. The Morgan fingerprint density at radius 2 is 1.68 bits per heavy atom. The summed E-state index contributed by atoms with van der Waals surface area (Å²) in [6, 6.07) is 11.6. The third kappa shape index (κ3) is 4.61. The Hall–Kier alpha value is -0.770. The number of rotatable bonds is 4. The maximum Gasteiger partial charge on any atom is 0.0366 e. The van der Waals surface area contributed by atoms with E-state index in [9.17, 15) is 0 Å². The number of benzene rings is 1. The minimum absolute atomic E-state index is 0. The second kappa shape index (κ2) is 8.76. The molecule has 0 aliphatic carbocycles. The van der Waals surface area contributed by atoms with E-state index in [0.717, 1.165) is 12.0 Å². The van der Waals surface area contributed by atoms with Gasteiger partial charge in [-0.2, -0.15) is 0 Å². The molecule has 2 aliphatic heterocycles. The fourth-order valence-electron chi connectivity index (χ4n) is 3.82. The van der Waals surface area contributed by atoms with E-state index in [0.29, 0.717) is 0 Å². The Balaban J connectivity index is 0.00000176. The predicted octanol–water partition coefficient (Wildman–Crippen LogP) is 3.01. The Labute approximate surface area is 141 Å². The van der Waals surface area contributed by atoms with E-state index in [1.54, 1.807) is 0 Å². The highest BCUT2D eigenvalue weighted by atomic mass is 35.5. The number of piperidine rings is 2. The lowest BCUT2D eigenvalue weighted by Crippen LogP contribution is -2.45. The molecule has 2 saturated heterocycles. The minimum Gasteiger partial charge on any atom is -0.371 e. The van der Waals surface area contributed by atoms with E-state index in [-0.39, 0.29) is 12.4 Å². The molecule has 4 heteroatoms. The summed E-state index contributed by atoms with van der Waals surface area (Å²) in [5.41, 5.74) is 1.39. The van der Waals surface area contributed by atoms with Crippen molar-refractivity contribution in [1.29, 1.82) is 0 Å². The molecule has 2 fully saturated rings. The first-order valence-electron chi connectivity index (χ1n) is 8.54. The fraction of sp³-hybridized carbons (Fsp3) is 0.667. The molecular weight excluding hydrogens is 294 g/mol. The van der Waals surface area contributed by atoms with Crippen LogP contribution in [-0.2, 0) is 0 Å². The van der Waals surface area contributed by atoms with E-state index in [1.165, 1.54) is 64.1 Å². The molecule has 0 atom stereocenters. The van der Waals surface area contributed by atoms with Crippen LogP contribution in [0.15, 0.2) is 30.3 Å². The van der Waals surface area contributed by atoms with Crippen LogP contribution in [0.3, 0.4) is 0 Å². The van der Waals surface area contributed by atoms with E-state index in [4.69, 9.17) is 0 Å². The van der Waals surface area contributed by atoms with Crippen LogP contribution in [0, 0.1) is 5.92 Å². The minimum atomic E-state index is 0. The number of halogens is 1. The lowest BCUT2D eigenvalue weighted by molar-refractivity contribution is 0.164. The maximum atomic E-state index is 3.47. The lowest BCUT2D eigenvalue weighted by Gasteiger charge is -2.39. The molecule has 22 heavy (non-hydrogen) atoms. The third-order valence-electron chi connectivity index (χ3n) is 5.21. The van der Waals surface area contributed by atoms with Gasteiger partial charge < -0.3 is 15.1 Å². The maximum absolute atomic E-state index is 3.47. The van der Waals surface area contributed by atoms with E-state index in [1.807, 2.05) is 0 Å². The highest BCUT2D eigenvalue weighted by Crippen LogP contribution is 2.23. The Kier molecular flexibility index (Phi) is 7.00. The molecule has 0 aromatic heterocycles. The standard InChI is InChI=1S/C18H29N3.ClH/c1-20(15-16-7-11-19-12-8-16)17-9-13-21(14-10-17)18-5-3-2-4-6-18;/h2-6,16-17,19H,7-15H2,1H3;1H. The van der Waals surface area contributed by atoms with E-state index < -0.39 is 0 Å². The highest BCUT2D eigenvalue weighted by Gasteiger charge is 2.24. The largest absolute Gasteiger partial charge is 0.371 e. The molecule has 0 amide bonds. The predicted molar refractivity (Wildman–Crippen MR) is 97.1 cm³/mol.